The van der Waals surface area contributed by atoms with Crippen molar-refractivity contribution in [3.05, 3.63) is 0 Å². The zero-order valence-electron chi connectivity index (χ0n) is 13.3. The van der Waals surface area contributed by atoms with Crippen LogP contribution in [0.3, 0.4) is 0 Å². The number of hydrogen-bond acceptors (Lipinski definition) is 3. The minimum Gasteiger partial charge on any atom is -0.381 e. The van der Waals surface area contributed by atoms with Gasteiger partial charge in [-0.1, -0.05) is 13.8 Å². The number of carbonyl (C=O) groups is 2. The maximum Gasteiger partial charge on any atom is 0.222 e. The lowest BCUT2D eigenvalue weighted by Crippen LogP contribution is -2.47. The third-order valence-electron chi connectivity index (χ3n) is 4.29. The fraction of sp³-hybridized carbons (Fsp3) is 0.875. The quantitative estimate of drug-likeness (QED) is 0.837. The van der Waals surface area contributed by atoms with Gasteiger partial charge < -0.3 is 15.0 Å². The van der Waals surface area contributed by atoms with E-state index < -0.39 is 0 Å². The summed E-state index contributed by atoms with van der Waals surface area (Å²) >= 11 is 0. The first kappa shape index (κ1) is 16.3. The number of hydrogen-bond donors (Lipinski definition) is 1. The molecule has 0 spiro atoms. The smallest absolute Gasteiger partial charge is 0.222 e. The SMILES string of the molecule is CC(C)CC(=O)N1CCC(NC(=O)CC2CCOC2)CC1. The van der Waals surface area contributed by atoms with Crippen LogP contribution in [0.25, 0.3) is 0 Å². The molecule has 0 saturated carbocycles. The van der Waals surface area contributed by atoms with E-state index in [1.165, 1.54) is 0 Å². The van der Waals surface area contributed by atoms with Gasteiger partial charge in [-0.05, 0) is 31.1 Å². The zero-order chi connectivity index (χ0) is 15.2. The second-order valence-corrected chi connectivity index (χ2v) is 6.75. The summed E-state index contributed by atoms with van der Waals surface area (Å²) in [4.78, 5) is 25.9. The van der Waals surface area contributed by atoms with Gasteiger partial charge in [0.05, 0.1) is 0 Å². The molecule has 21 heavy (non-hydrogen) atoms. The Morgan fingerprint density at radius 1 is 1.24 bits per heavy atom. The zero-order valence-corrected chi connectivity index (χ0v) is 13.3. The Bertz CT molecular complexity index is 357. The van der Waals surface area contributed by atoms with E-state index in [1.807, 2.05) is 4.90 Å². The van der Waals surface area contributed by atoms with Crippen LogP contribution >= 0.6 is 0 Å². The van der Waals surface area contributed by atoms with Crippen LogP contribution in [0.15, 0.2) is 0 Å². The molecule has 2 saturated heterocycles. The lowest BCUT2D eigenvalue weighted by Gasteiger charge is -2.33. The number of likely N-dealkylation sites (tertiary alicyclic amines) is 1. The predicted octanol–water partition coefficient (Wildman–Crippen LogP) is 1.57. The summed E-state index contributed by atoms with van der Waals surface area (Å²) in [6.45, 7) is 7.17. The second-order valence-electron chi connectivity index (χ2n) is 6.75. The molecule has 2 aliphatic rings. The highest BCUT2D eigenvalue weighted by atomic mass is 16.5. The highest BCUT2D eigenvalue weighted by Gasteiger charge is 2.25. The largest absolute Gasteiger partial charge is 0.381 e. The van der Waals surface area contributed by atoms with Gasteiger partial charge in [0.2, 0.25) is 11.8 Å². The molecule has 2 aliphatic heterocycles. The van der Waals surface area contributed by atoms with Crippen molar-refractivity contribution >= 4 is 11.8 Å². The maximum absolute atomic E-state index is 12.0. The number of nitrogens with zero attached hydrogens (tertiary/aromatic N) is 1. The van der Waals surface area contributed by atoms with E-state index in [0.29, 0.717) is 24.7 Å². The number of amides is 2. The standard InChI is InChI=1S/C16H28N2O3/c1-12(2)9-16(20)18-6-3-14(4-7-18)17-15(19)10-13-5-8-21-11-13/h12-14H,3-11H2,1-2H3,(H,17,19). The van der Waals surface area contributed by atoms with Crippen molar-refractivity contribution < 1.29 is 14.3 Å². The van der Waals surface area contributed by atoms with Crippen molar-refractivity contribution in [2.75, 3.05) is 26.3 Å². The lowest BCUT2D eigenvalue weighted by atomic mass is 10.0. The van der Waals surface area contributed by atoms with E-state index in [9.17, 15) is 9.59 Å². The Labute approximate surface area is 127 Å². The normalized spacial score (nSPS) is 23.6. The Balaban J connectivity index is 1.66. The second kappa shape index (κ2) is 7.78. The molecule has 2 rings (SSSR count). The van der Waals surface area contributed by atoms with Crippen molar-refractivity contribution in [2.24, 2.45) is 11.8 Å². The third-order valence-corrected chi connectivity index (χ3v) is 4.29. The Morgan fingerprint density at radius 3 is 2.52 bits per heavy atom. The maximum atomic E-state index is 12.0. The first-order valence-electron chi connectivity index (χ1n) is 8.19. The molecule has 1 N–H and O–H groups in total. The number of ether oxygens (including phenoxy) is 1. The summed E-state index contributed by atoms with van der Waals surface area (Å²) < 4.78 is 5.30. The van der Waals surface area contributed by atoms with Crippen molar-refractivity contribution in [3.8, 4) is 0 Å². The highest BCUT2D eigenvalue weighted by Crippen LogP contribution is 2.17. The number of carbonyl (C=O) groups excluding carboxylic acids is 2. The first-order valence-corrected chi connectivity index (χ1v) is 8.19. The Morgan fingerprint density at radius 2 is 1.95 bits per heavy atom. The van der Waals surface area contributed by atoms with Crippen LogP contribution in [0.4, 0.5) is 0 Å². The van der Waals surface area contributed by atoms with Crippen molar-refractivity contribution in [3.63, 3.8) is 0 Å². The van der Waals surface area contributed by atoms with Gasteiger partial charge in [-0.25, -0.2) is 0 Å². The van der Waals surface area contributed by atoms with Gasteiger partial charge in [-0.15, -0.1) is 0 Å². The number of nitrogens with one attached hydrogen (secondary N) is 1. The fourth-order valence-corrected chi connectivity index (χ4v) is 3.04. The Hall–Kier alpha value is -1.10. The predicted molar refractivity (Wildman–Crippen MR) is 80.7 cm³/mol. The molecule has 0 aromatic carbocycles. The third kappa shape index (κ3) is 5.30. The van der Waals surface area contributed by atoms with Gasteiger partial charge >= 0.3 is 0 Å². The molecule has 0 aliphatic carbocycles. The van der Waals surface area contributed by atoms with Crippen molar-refractivity contribution in [1.82, 2.24) is 10.2 Å². The van der Waals surface area contributed by atoms with E-state index >= 15 is 0 Å². The topological polar surface area (TPSA) is 58.6 Å². The molecule has 1 atom stereocenters. The summed E-state index contributed by atoms with van der Waals surface area (Å²) in [5, 5.41) is 3.11. The summed E-state index contributed by atoms with van der Waals surface area (Å²) in [6, 6.07) is 0.225. The minimum atomic E-state index is 0.137. The van der Waals surface area contributed by atoms with Crippen LogP contribution in [-0.2, 0) is 14.3 Å². The molecule has 2 heterocycles. The molecule has 0 radical (unpaired) electrons. The van der Waals surface area contributed by atoms with Gasteiger partial charge in [-0.3, -0.25) is 9.59 Å². The van der Waals surface area contributed by atoms with Crippen LogP contribution < -0.4 is 5.32 Å². The summed E-state index contributed by atoms with van der Waals surface area (Å²) in [5.41, 5.74) is 0. The van der Waals surface area contributed by atoms with Gasteiger partial charge in [0, 0.05) is 45.2 Å². The number of piperidine rings is 1. The van der Waals surface area contributed by atoms with Crippen LogP contribution in [0, 0.1) is 11.8 Å². The van der Waals surface area contributed by atoms with Gasteiger partial charge in [0.15, 0.2) is 0 Å². The molecule has 0 aromatic heterocycles. The van der Waals surface area contributed by atoms with E-state index in [4.69, 9.17) is 4.74 Å². The van der Waals surface area contributed by atoms with Crippen LogP contribution in [-0.4, -0.2) is 49.1 Å². The minimum absolute atomic E-state index is 0.137. The molecule has 0 aromatic rings. The molecular formula is C16H28N2O3. The number of rotatable bonds is 5. The van der Waals surface area contributed by atoms with E-state index in [-0.39, 0.29) is 17.9 Å². The van der Waals surface area contributed by atoms with Crippen LogP contribution in [0.5, 0.6) is 0 Å². The Kier molecular flexibility index (Phi) is 6.03. The lowest BCUT2D eigenvalue weighted by molar-refractivity contribution is -0.133. The molecular weight excluding hydrogens is 268 g/mol. The van der Waals surface area contributed by atoms with E-state index in [1.54, 1.807) is 0 Å². The summed E-state index contributed by atoms with van der Waals surface area (Å²) in [5.74, 6) is 1.18. The molecule has 5 heteroatoms. The average Bonchev–Trinajstić information content (AvgIpc) is 2.91. The van der Waals surface area contributed by atoms with E-state index in [2.05, 4.69) is 19.2 Å². The van der Waals surface area contributed by atoms with Crippen LogP contribution in [0.2, 0.25) is 0 Å². The monoisotopic (exact) mass is 296 g/mol. The van der Waals surface area contributed by atoms with E-state index in [0.717, 1.165) is 45.6 Å². The molecule has 120 valence electrons. The highest BCUT2D eigenvalue weighted by molar-refractivity contribution is 5.77. The molecule has 2 amide bonds. The van der Waals surface area contributed by atoms with Crippen molar-refractivity contribution in [2.45, 2.75) is 52.0 Å². The average molecular weight is 296 g/mol. The van der Waals surface area contributed by atoms with Gasteiger partial charge in [0.25, 0.3) is 0 Å². The summed E-state index contributed by atoms with van der Waals surface area (Å²) in [6.07, 6.45) is 3.94. The first-order chi connectivity index (χ1) is 10.0. The van der Waals surface area contributed by atoms with Crippen molar-refractivity contribution in [1.29, 1.82) is 0 Å². The summed E-state index contributed by atoms with van der Waals surface area (Å²) in [7, 11) is 0. The fourth-order valence-electron chi connectivity index (χ4n) is 3.04. The molecule has 5 nitrogen and oxygen atoms in total. The van der Waals surface area contributed by atoms with Crippen LogP contribution in [0.1, 0.15) is 46.0 Å². The molecule has 2 fully saturated rings. The molecule has 1 unspecified atom stereocenters. The van der Waals surface area contributed by atoms with Gasteiger partial charge in [-0.2, -0.15) is 0 Å². The van der Waals surface area contributed by atoms with Gasteiger partial charge in [0.1, 0.15) is 0 Å². The molecule has 0 bridgehead atoms.